The summed E-state index contributed by atoms with van der Waals surface area (Å²) in [7, 11) is 3.22. The van der Waals surface area contributed by atoms with E-state index in [2.05, 4.69) is 0 Å². The molecule has 0 saturated carbocycles. The molecule has 0 unspecified atom stereocenters. The molecule has 3 aromatic carbocycles. The van der Waals surface area contributed by atoms with Gasteiger partial charge in [0.1, 0.15) is 29.6 Å². The number of ether oxygens (including phenoxy) is 4. The molecule has 0 fully saturated rings. The molecule has 5 heteroatoms. The molecule has 0 spiro atoms. The number of hydrogen-bond donors (Lipinski definition) is 0. The fourth-order valence-electron chi connectivity index (χ4n) is 3.09. The number of ketones is 1. The van der Waals surface area contributed by atoms with Gasteiger partial charge in [0.2, 0.25) is 5.78 Å². The number of hydrogen-bond acceptors (Lipinski definition) is 5. The Morgan fingerprint density at radius 2 is 1.66 bits per heavy atom. The van der Waals surface area contributed by atoms with Crippen molar-refractivity contribution in [1.82, 2.24) is 0 Å². The van der Waals surface area contributed by atoms with Crippen LogP contribution in [0.1, 0.15) is 21.5 Å². The minimum absolute atomic E-state index is 0.140. The van der Waals surface area contributed by atoms with Gasteiger partial charge < -0.3 is 18.9 Å². The first-order chi connectivity index (χ1) is 14.2. The number of Topliss-reactive ketones (excluding diaryl/α,β-unsaturated/α-hetero) is 1. The highest BCUT2D eigenvalue weighted by Crippen LogP contribution is 2.34. The standard InChI is InChI=1S/C24H20O5/c1-26-19-11-12-20-22(14-19)29-23(24(20)25)13-16-7-9-18(10-8-16)28-15-17-5-3-4-6-21(17)27-2/h3-14H,15H2,1-2H3/b23-13-. The predicted molar refractivity (Wildman–Crippen MR) is 110 cm³/mol. The van der Waals surface area contributed by atoms with Crippen molar-refractivity contribution in [2.75, 3.05) is 14.2 Å². The number of allylic oxidation sites excluding steroid dienone is 1. The third kappa shape index (κ3) is 3.94. The van der Waals surface area contributed by atoms with Gasteiger partial charge in [-0.3, -0.25) is 4.79 Å². The Labute approximate surface area is 169 Å². The van der Waals surface area contributed by atoms with Crippen LogP contribution in [-0.2, 0) is 6.61 Å². The third-order valence-electron chi connectivity index (χ3n) is 4.64. The molecule has 0 radical (unpaired) electrons. The van der Waals surface area contributed by atoms with E-state index in [-0.39, 0.29) is 11.5 Å². The minimum atomic E-state index is -0.140. The van der Waals surface area contributed by atoms with Crippen LogP contribution >= 0.6 is 0 Å². The van der Waals surface area contributed by atoms with Gasteiger partial charge in [0.15, 0.2) is 5.76 Å². The molecule has 1 aliphatic heterocycles. The lowest BCUT2D eigenvalue weighted by molar-refractivity contribution is 0.101. The highest BCUT2D eigenvalue weighted by Gasteiger charge is 2.27. The van der Waals surface area contributed by atoms with E-state index in [0.29, 0.717) is 23.7 Å². The second-order valence-corrected chi connectivity index (χ2v) is 6.47. The Balaban J connectivity index is 1.45. The van der Waals surface area contributed by atoms with Crippen molar-refractivity contribution in [2.24, 2.45) is 0 Å². The number of rotatable bonds is 6. The van der Waals surface area contributed by atoms with E-state index >= 15 is 0 Å². The van der Waals surface area contributed by atoms with Crippen molar-refractivity contribution in [1.29, 1.82) is 0 Å². The molecule has 0 N–H and O–H groups in total. The fourth-order valence-corrected chi connectivity index (χ4v) is 3.09. The van der Waals surface area contributed by atoms with Crippen LogP contribution in [0.25, 0.3) is 6.08 Å². The quantitative estimate of drug-likeness (QED) is 0.562. The lowest BCUT2D eigenvalue weighted by Gasteiger charge is -2.10. The van der Waals surface area contributed by atoms with Crippen molar-refractivity contribution in [3.8, 4) is 23.0 Å². The summed E-state index contributed by atoms with van der Waals surface area (Å²) in [5.74, 6) is 2.83. The number of benzene rings is 3. The first kappa shape index (κ1) is 18.6. The molecule has 1 heterocycles. The molecule has 0 saturated heterocycles. The lowest BCUT2D eigenvalue weighted by atomic mass is 10.1. The molecule has 0 aromatic heterocycles. The van der Waals surface area contributed by atoms with Gasteiger partial charge in [-0.05, 0) is 42.0 Å². The smallest absolute Gasteiger partial charge is 0.231 e. The van der Waals surface area contributed by atoms with Crippen molar-refractivity contribution in [3.05, 3.63) is 89.2 Å². The number of carbonyl (C=O) groups is 1. The van der Waals surface area contributed by atoms with Crippen LogP contribution in [0.4, 0.5) is 0 Å². The molecular formula is C24H20O5. The summed E-state index contributed by atoms with van der Waals surface area (Å²) in [5, 5.41) is 0. The Hall–Kier alpha value is -3.73. The van der Waals surface area contributed by atoms with E-state index < -0.39 is 0 Å². The summed E-state index contributed by atoms with van der Waals surface area (Å²) >= 11 is 0. The molecule has 0 atom stereocenters. The Bertz CT molecular complexity index is 1070. The zero-order chi connectivity index (χ0) is 20.2. The minimum Gasteiger partial charge on any atom is -0.497 e. The fraction of sp³-hybridized carbons (Fsp3) is 0.125. The van der Waals surface area contributed by atoms with Gasteiger partial charge in [-0.2, -0.15) is 0 Å². The van der Waals surface area contributed by atoms with Gasteiger partial charge in [-0.25, -0.2) is 0 Å². The van der Waals surface area contributed by atoms with Crippen molar-refractivity contribution < 1.29 is 23.7 Å². The molecule has 29 heavy (non-hydrogen) atoms. The molecule has 0 aliphatic carbocycles. The van der Waals surface area contributed by atoms with Crippen molar-refractivity contribution in [3.63, 3.8) is 0 Å². The second kappa shape index (κ2) is 8.10. The van der Waals surface area contributed by atoms with E-state index in [1.807, 2.05) is 48.5 Å². The average Bonchev–Trinajstić information content (AvgIpc) is 3.07. The summed E-state index contributed by atoms with van der Waals surface area (Å²) in [5.41, 5.74) is 2.35. The molecular weight excluding hydrogens is 368 g/mol. The Morgan fingerprint density at radius 1 is 0.897 bits per heavy atom. The molecule has 5 nitrogen and oxygen atoms in total. The van der Waals surface area contributed by atoms with Crippen LogP contribution in [0.2, 0.25) is 0 Å². The van der Waals surface area contributed by atoms with Crippen LogP contribution in [0.5, 0.6) is 23.0 Å². The largest absolute Gasteiger partial charge is 0.497 e. The molecule has 3 aromatic rings. The van der Waals surface area contributed by atoms with Crippen molar-refractivity contribution in [2.45, 2.75) is 6.61 Å². The first-order valence-corrected chi connectivity index (χ1v) is 9.15. The van der Waals surface area contributed by atoms with Crippen LogP contribution in [0.3, 0.4) is 0 Å². The van der Waals surface area contributed by atoms with Gasteiger partial charge >= 0.3 is 0 Å². The zero-order valence-corrected chi connectivity index (χ0v) is 16.2. The monoisotopic (exact) mass is 388 g/mol. The zero-order valence-electron chi connectivity index (χ0n) is 16.2. The maximum absolute atomic E-state index is 12.5. The number of carbonyl (C=O) groups excluding carboxylic acids is 1. The topological polar surface area (TPSA) is 54.0 Å². The summed E-state index contributed by atoms with van der Waals surface area (Å²) in [6.07, 6.45) is 1.72. The lowest BCUT2D eigenvalue weighted by Crippen LogP contribution is -1.99. The van der Waals surface area contributed by atoms with Crippen LogP contribution in [-0.4, -0.2) is 20.0 Å². The molecule has 0 amide bonds. The molecule has 146 valence electrons. The highest BCUT2D eigenvalue weighted by atomic mass is 16.5. The van der Waals surface area contributed by atoms with Crippen LogP contribution in [0.15, 0.2) is 72.5 Å². The van der Waals surface area contributed by atoms with Gasteiger partial charge in [-0.1, -0.05) is 30.3 Å². The van der Waals surface area contributed by atoms with Gasteiger partial charge in [-0.15, -0.1) is 0 Å². The maximum atomic E-state index is 12.5. The third-order valence-corrected chi connectivity index (χ3v) is 4.64. The molecule has 4 rings (SSSR count). The van der Waals surface area contributed by atoms with Gasteiger partial charge in [0.05, 0.1) is 19.8 Å². The summed E-state index contributed by atoms with van der Waals surface area (Å²) in [6, 6.07) is 20.4. The van der Waals surface area contributed by atoms with E-state index in [9.17, 15) is 4.79 Å². The van der Waals surface area contributed by atoms with Crippen LogP contribution < -0.4 is 18.9 Å². The van der Waals surface area contributed by atoms with Gasteiger partial charge in [0, 0.05) is 11.6 Å². The summed E-state index contributed by atoms with van der Waals surface area (Å²) < 4.78 is 22.1. The number of para-hydroxylation sites is 1. The van der Waals surface area contributed by atoms with E-state index in [1.165, 1.54) is 0 Å². The van der Waals surface area contributed by atoms with Crippen LogP contribution in [0, 0.1) is 0 Å². The van der Waals surface area contributed by atoms with Crippen molar-refractivity contribution >= 4 is 11.9 Å². The van der Waals surface area contributed by atoms with E-state index in [4.69, 9.17) is 18.9 Å². The SMILES string of the molecule is COc1ccc2c(c1)O/C(=C\c1ccc(OCc3ccccc3OC)cc1)C2=O. The summed E-state index contributed by atoms with van der Waals surface area (Å²) in [6.45, 7) is 0.406. The van der Waals surface area contributed by atoms with Gasteiger partial charge in [0.25, 0.3) is 0 Å². The maximum Gasteiger partial charge on any atom is 0.231 e. The van der Waals surface area contributed by atoms with E-state index in [1.54, 1.807) is 38.5 Å². The number of methoxy groups -OCH3 is 2. The Kier molecular flexibility index (Phi) is 5.20. The van der Waals surface area contributed by atoms with E-state index in [0.717, 1.165) is 22.6 Å². The predicted octanol–water partition coefficient (Wildman–Crippen LogP) is 4.90. The number of fused-ring (bicyclic) bond motifs is 1. The average molecular weight is 388 g/mol. The highest BCUT2D eigenvalue weighted by molar-refractivity contribution is 6.14. The summed E-state index contributed by atoms with van der Waals surface area (Å²) in [4.78, 5) is 12.5. The molecule has 1 aliphatic rings. The Morgan fingerprint density at radius 3 is 2.41 bits per heavy atom. The normalized spacial score (nSPS) is 13.7. The first-order valence-electron chi connectivity index (χ1n) is 9.15. The molecule has 0 bridgehead atoms. The second-order valence-electron chi connectivity index (χ2n) is 6.47.